The molecule has 142 valence electrons. The number of fused-ring (bicyclic) bond motifs is 2. The van der Waals surface area contributed by atoms with Crippen LogP contribution in [0.1, 0.15) is 0 Å². The topological polar surface area (TPSA) is 121 Å². The second-order valence-corrected chi connectivity index (χ2v) is 9.53. The third kappa shape index (κ3) is 3.18. The lowest BCUT2D eigenvalue weighted by Crippen LogP contribution is -2.03. The third-order valence-corrected chi connectivity index (χ3v) is 8.64. The van der Waals surface area contributed by atoms with Crippen molar-refractivity contribution in [1.82, 2.24) is 0 Å². The van der Waals surface area contributed by atoms with Crippen LogP contribution in [-0.4, -0.2) is 36.4 Å². The highest BCUT2D eigenvalue weighted by atomic mass is 32.2. The van der Waals surface area contributed by atoms with Gasteiger partial charge in [0.05, 0.1) is 48.8 Å². The quantitative estimate of drug-likeness (QED) is 0.225. The molecule has 0 saturated heterocycles. The van der Waals surface area contributed by atoms with Gasteiger partial charge in [-0.05, 0) is 0 Å². The van der Waals surface area contributed by atoms with Gasteiger partial charge in [0.2, 0.25) is 0 Å². The number of benzene rings is 1. The predicted octanol–water partition coefficient (Wildman–Crippen LogP) is 3.66. The summed E-state index contributed by atoms with van der Waals surface area (Å²) in [5, 5.41) is 30.6. The molecule has 0 fully saturated rings. The van der Waals surface area contributed by atoms with Crippen LogP contribution in [-0.2, 0) is 19.1 Å². The highest BCUT2D eigenvalue weighted by Gasteiger charge is 2.38. The van der Waals surface area contributed by atoms with Gasteiger partial charge in [0.25, 0.3) is 5.70 Å². The fraction of sp³-hybridized carbons (Fsp3) is 0.125. The normalized spacial score (nSPS) is 13.9. The van der Waals surface area contributed by atoms with Crippen LogP contribution in [0.5, 0.6) is 11.5 Å². The second kappa shape index (κ2) is 7.93. The maximum atomic E-state index is 11.8. The fourth-order valence-corrected chi connectivity index (χ4v) is 7.34. The zero-order valence-electron chi connectivity index (χ0n) is 14.1. The van der Waals surface area contributed by atoms with E-state index in [1.807, 2.05) is 0 Å². The average molecular weight is 453 g/mol. The van der Waals surface area contributed by atoms with E-state index >= 15 is 0 Å². The molecule has 0 spiro atoms. The van der Waals surface area contributed by atoms with Crippen molar-refractivity contribution in [2.24, 2.45) is 0 Å². The number of nitrogens with zero attached hydrogens (tertiary/aromatic N) is 2. The van der Waals surface area contributed by atoms with Crippen molar-refractivity contribution in [2.45, 2.75) is 19.6 Å². The molecule has 12 heteroatoms. The molecule has 0 aromatic heterocycles. The lowest BCUT2D eigenvalue weighted by Gasteiger charge is -2.08. The number of aromatic hydroxyl groups is 2. The second-order valence-electron chi connectivity index (χ2n) is 4.93. The Kier molecular flexibility index (Phi) is 5.76. The molecule has 0 atom stereocenters. The fourth-order valence-electron chi connectivity index (χ4n) is 2.17. The zero-order chi connectivity index (χ0) is 20.6. The molecular weight excluding hydrogens is 444 g/mol. The molecule has 2 aliphatic rings. The Morgan fingerprint density at radius 1 is 0.929 bits per heavy atom. The molecule has 2 heterocycles. The van der Waals surface area contributed by atoms with Crippen molar-refractivity contribution in [2.75, 3.05) is 14.2 Å². The smallest absolute Gasteiger partial charge is 0.350 e. The van der Waals surface area contributed by atoms with E-state index in [2.05, 4.69) is 14.3 Å². The predicted molar refractivity (Wildman–Crippen MR) is 103 cm³/mol. The molecule has 1 aromatic carbocycles. The van der Waals surface area contributed by atoms with Crippen molar-refractivity contribution in [3.63, 3.8) is 0 Å². The molecule has 8 nitrogen and oxygen atoms in total. The number of carbonyl (C=O) groups is 2. The van der Waals surface area contributed by atoms with Crippen LogP contribution in [0.2, 0.25) is 0 Å². The van der Waals surface area contributed by atoms with Gasteiger partial charge in [0.15, 0.2) is 5.57 Å². The summed E-state index contributed by atoms with van der Waals surface area (Å²) in [6, 6.07) is 1.77. The summed E-state index contributed by atoms with van der Waals surface area (Å²) in [5.41, 5.74) is -0.472. The molecule has 0 radical (unpaired) electrons. The number of carbonyl (C=O) groups excluding carboxylic acids is 2. The third-order valence-electron chi connectivity index (χ3n) is 3.44. The molecule has 0 aliphatic carbocycles. The highest BCUT2D eigenvalue weighted by molar-refractivity contribution is 8.26. The monoisotopic (exact) mass is 452 g/mol. The molecule has 2 N–H and O–H groups in total. The van der Waals surface area contributed by atoms with E-state index in [0.29, 0.717) is 0 Å². The Bertz CT molecular complexity index is 954. The minimum absolute atomic E-state index is 0.167. The first-order valence-electron chi connectivity index (χ1n) is 7.13. The Morgan fingerprint density at radius 3 is 1.71 bits per heavy atom. The number of phenols is 2. The zero-order valence-corrected chi connectivity index (χ0v) is 17.3. The number of esters is 2. The number of thioether (sulfide) groups is 4. The number of nitriles is 1. The van der Waals surface area contributed by atoms with E-state index in [1.165, 1.54) is 0 Å². The van der Waals surface area contributed by atoms with Crippen LogP contribution in [0.4, 0.5) is 0 Å². The summed E-state index contributed by atoms with van der Waals surface area (Å²) in [6.07, 6.45) is 0. The van der Waals surface area contributed by atoms with E-state index in [0.717, 1.165) is 61.3 Å². The van der Waals surface area contributed by atoms with Crippen LogP contribution in [0.3, 0.4) is 0 Å². The van der Waals surface area contributed by atoms with Gasteiger partial charge < -0.3 is 19.7 Å². The van der Waals surface area contributed by atoms with Crippen molar-refractivity contribution in [3.05, 3.63) is 31.2 Å². The number of ether oxygens (including phenoxy) is 2. The van der Waals surface area contributed by atoms with Gasteiger partial charge in [0, 0.05) is 0 Å². The van der Waals surface area contributed by atoms with Crippen LogP contribution in [0, 0.1) is 17.9 Å². The van der Waals surface area contributed by atoms with Gasteiger partial charge in [-0.1, -0.05) is 47.0 Å². The maximum Gasteiger partial charge on any atom is 0.350 e. The average Bonchev–Trinajstić information content (AvgIpc) is 3.32. The summed E-state index contributed by atoms with van der Waals surface area (Å²) < 4.78 is 9.73. The Hall–Kier alpha value is -2.38. The lowest BCUT2D eigenvalue weighted by atomic mass is 10.3. The van der Waals surface area contributed by atoms with Crippen LogP contribution < -0.4 is 0 Å². The summed E-state index contributed by atoms with van der Waals surface area (Å²) in [6.45, 7) is 7.18. The molecule has 2 aliphatic heterocycles. The Morgan fingerprint density at radius 2 is 1.36 bits per heavy atom. The summed E-state index contributed by atoms with van der Waals surface area (Å²) in [4.78, 5) is 27.8. The molecule has 0 amide bonds. The van der Waals surface area contributed by atoms with Gasteiger partial charge in [-0.3, -0.25) is 4.79 Å². The first kappa shape index (κ1) is 20.4. The number of hydrogen-bond donors (Lipinski definition) is 2. The molecule has 0 unspecified atom stereocenters. The summed E-state index contributed by atoms with van der Waals surface area (Å²) in [5.74, 6) is -1.96. The number of rotatable bonds is 2. The lowest BCUT2D eigenvalue weighted by molar-refractivity contribution is -0.136. The number of phenolic OH excluding ortho intramolecular Hbond substituents is 2. The molecule has 1 aromatic rings. The van der Waals surface area contributed by atoms with Crippen LogP contribution in [0.25, 0.3) is 4.85 Å². The van der Waals surface area contributed by atoms with Gasteiger partial charge in [-0.2, -0.15) is 5.26 Å². The Balaban J connectivity index is 2.10. The minimum atomic E-state index is -0.814. The van der Waals surface area contributed by atoms with E-state index < -0.39 is 11.9 Å². The largest absolute Gasteiger partial charge is 0.505 e. The van der Waals surface area contributed by atoms with Crippen LogP contribution in [0.15, 0.2) is 39.3 Å². The number of methoxy groups -OCH3 is 2. The van der Waals surface area contributed by atoms with Gasteiger partial charge in [-0.25, -0.2) is 9.64 Å². The van der Waals surface area contributed by atoms with Crippen LogP contribution >= 0.6 is 47.0 Å². The SMILES string of the molecule is [C-]#[N+]C(C(=O)OC)=C1Sc2c(O)c3c(c(O)c2S1)SC(=C(C#N)C(=O)OC)S3. The minimum Gasteiger partial charge on any atom is -0.505 e. The van der Waals surface area contributed by atoms with E-state index in [9.17, 15) is 25.1 Å². The number of hydrogen-bond acceptors (Lipinski definition) is 11. The molecule has 28 heavy (non-hydrogen) atoms. The first-order valence-corrected chi connectivity index (χ1v) is 10.4. The molecule has 3 rings (SSSR count). The molecular formula is C16H8N2O6S4. The van der Waals surface area contributed by atoms with Gasteiger partial charge in [-0.15, -0.1) is 0 Å². The molecule has 0 saturated carbocycles. The standard InChI is InChI=1S/C16H8N2O6S4/c1-18-6(14(22)24-3)16-27-11-7(19)9-10(8(20)12(11)28-16)26-15(25-9)5(4-17)13(21)23-2/h19-20H,2-3H3. The van der Waals surface area contributed by atoms with Crippen molar-refractivity contribution in [1.29, 1.82) is 5.26 Å². The Labute approximate surface area is 175 Å². The summed E-state index contributed by atoms with van der Waals surface area (Å²) >= 11 is 3.86. The highest BCUT2D eigenvalue weighted by Crippen LogP contribution is 2.67. The van der Waals surface area contributed by atoms with Crippen molar-refractivity contribution < 1.29 is 29.3 Å². The van der Waals surface area contributed by atoms with Crippen molar-refractivity contribution in [3.8, 4) is 17.6 Å². The molecule has 0 bridgehead atoms. The van der Waals surface area contributed by atoms with Crippen molar-refractivity contribution >= 4 is 59.0 Å². The summed E-state index contributed by atoms with van der Waals surface area (Å²) in [7, 11) is 2.31. The van der Waals surface area contributed by atoms with Gasteiger partial charge >= 0.3 is 11.9 Å². The maximum absolute atomic E-state index is 11.8. The van der Waals surface area contributed by atoms with E-state index in [4.69, 9.17) is 6.57 Å². The van der Waals surface area contributed by atoms with E-state index in [-0.39, 0.29) is 50.8 Å². The first-order chi connectivity index (χ1) is 13.4. The van der Waals surface area contributed by atoms with E-state index in [1.54, 1.807) is 6.07 Å². The van der Waals surface area contributed by atoms with Gasteiger partial charge in [0.1, 0.15) is 17.6 Å².